The Morgan fingerprint density at radius 2 is 1.86 bits per heavy atom. The third-order valence-corrected chi connectivity index (χ3v) is 6.14. The van der Waals surface area contributed by atoms with Gasteiger partial charge in [0.25, 0.3) is 5.91 Å². The lowest BCUT2D eigenvalue weighted by atomic mass is 9.85. The summed E-state index contributed by atoms with van der Waals surface area (Å²) in [5.41, 5.74) is -0.0297. The van der Waals surface area contributed by atoms with Crippen LogP contribution in [-0.4, -0.2) is 48.9 Å². The van der Waals surface area contributed by atoms with Crippen molar-refractivity contribution in [2.75, 3.05) is 24.6 Å². The molecule has 164 valence electrons. The summed E-state index contributed by atoms with van der Waals surface area (Å²) in [7, 11) is -9.88. The van der Waals surface area contributed by atoms with Crippen LogP contribution in [0.15, 0.2) is 29.2 Å². The SMILES string of the molecule is O=CN(c1ccc(S(F)(F)(F)(F)F)cc1)C(C(=O)NO)C1(OCC2CC2)CNC1. The van der Waals surface area contributed by atoms with Crippen molar-refractivity contribution >= 4 is 28.2 Å². The lowest BCUT2D eigenvalue weighted by Crippen LogP contribution is -2.74. The number of carbonyl (C=O) groups excluding carboxylic acids is 2. The second kappa shape index (κ2) is 6.52. The molecule has 1 aliphatic heterocycles. The van der Waals surface area contributed by atoms with E-state index in [4.69, 9.17) is 9.94 Å². The van der Waals surface area contributed by atoms with Gasteiger partial charge in [-0.2, -0.15) is 0 Å². The first kappa shape index (κ1) is 21.7. The van der Waals surface area contributed by atoms with Crippen molar-refractivity contribution in [3.63, 3.8) is 0 Å². The van der Waals surface area contributed by atoms with E-state index in [9.17, 15) is 29.0 Å². The smallest absolute Gasteiger partial charge is 0.310 e. The van der Waals surface area contributed by atoms with Crippen LogP contribution >= 0.6 is 10.2 Å². The number of hydroxylamine groups is 1. The van der Waals surface area contributed by atoms with Crippen LogP contribution in [0.4, 0.5) is 25.1 Å². The minimum atomic E-state index is -9.88. The van der Waals surface area contributed by atoms with Gasteiger partial charge in [0, 0.05) is 18.8 Å². The first-order valence-corrected chi connectivity index (χ1v) is 10.6. The van der Waals surface area contributed by atoms with Crippen LogP contribution in [0, 0.1) is 5.92 Å². The van der Waals surface area contributed by atoms with Crippen LogP contribution in [0.2, 0.25) is 0 Å². The second-order valence-electron chi connectivity index (χ2n) is 7.28. The molecule has 0 radical (unpaired) electrons. The Bertz CT molecular complexity index is 798. The molecular weight excluding hydrogens is 425 g/mol. The van der Waals surface area contributed by atoms with Crippen molar-refractivity contribution in [1.82, 2.24) is 10.8 Å². The molecule has 1 aromatic carbocycles. The van der Waals surface area contributed by atoms with Gasteiger partial charge in [0.2, 0.25) is 6.41 Å². The predicted octanol–water partition coefficient (Wildman–Crippen LogP) is 2.95. The van der Waals surface area contributed by atoms with E-state index in [1.165, 1.54) is 5.48 Å². The van der Waals surface area contributed by atoms with Gasteiger partial charge in [-0.3, -0.25) is 19.7 Å². The number of ether oxygens (including phenoxy) is 1. The van der Waals surface area contributed by atoms with Crippen molar-refractivity contribution in [2.24, 2.45) is 5.92 Å². The normalized spacial score (nSPS) is 21.9. The number of benzene rings is 1. The number of anilines is 1. The van der Waals surface area contributed by atoms with Crippen LogP contribution < -0.4 is 15.7 Å². The third kappa shape index (κ3) is 4.63. The molecule has 2 amide bonds. The van der Waals surface area contributed by atoms with Crippen LogP contribution in [0.1, 0.15) is 12.8 Å². The molecule has 1 heterocycles. The summed E-state index contributed by atoms with van der Waals surface area (Å²) in [4.78, 5) is 22.7. The van der Waals surface area contributed by atoms with E-state index < -0.39 is 32.7 Å². The van der Waals surface area contributed by atoms with Crippen molar-refractivity contribution in [2.45, 2.75) is 29.4 Å². The van der Waals surface area contributed by atoms with Crippen LogP contribution in [0.5, 0.6) is 0 Å². The van der Waals surface area contributed by atoms with E-state index in [1.807, 2.05) is 0 Å². The van der Waals surface area contributed by atoms with Gasteiger partial charge >= 0.3 is 10.2 Å². The van der Waals surface area contributed by atoms with E-state index in [2.05, 4.69) is 5.32 Å². The lowest BCUT2D eigenvalue weighted by Gasteiger charge is -2.49. The largest absolute Gasteiger partial charge is 0.369 e. The summed E-state index contributed by atoms with van der Waals surface area (Å²) in [6.07, 6.45) is 2.08. The number of hydrogen-bond acceptors (Lipinski definition) is 5. The number of nitrogens with zero attached hydrogens (tertiary/aromatic N) is 1. The molecule has 1 saturated heterocycles. The molecule has 29 heavy (non-hydrogen) atoms. The van der Waals surface area contributed by atoms with Crippen molar-refractivity contribution in [1.29, 1.82) is 0 Å². The molecule has 1 aromatic rings. The highest BCUT2D eigenvalue weighted by Crippen LogP contribution is 3.02. The van der Waals surface area contributed by atoms with E-state index >= 15 is 0 Å². The standard InChI is InChI=1S/C16H20F5N3O4S/c17-29(18,19,20,21)13-5-3-12(4-6-13)24(10-25)14(15(26)23-27)16(8-22-9-16)28-7-11-1-2-11/h3-6,10-11,14,22,27H,1-2,7-9H2,(H,23,26). The van der Waals surface area contributed by atoms with Gasteiger partial charge in [0.05, 0.1) is 6.61 Å². The average molecular weight is 445 g/mol. The lowest BCUT2D eigenvalue weighted by molar-refractivity contribution is -0.150. The fraction of sp³-hybridized carbons (Fsp3) is 0.500. The highest BCUT2D eigenvalue weighted by Gasteiger charge is 2.65. The minimum absolute atomic E-state index is 0.145. The van der Waals surface area contributed by atoms with E-state index in [0.29, 0.717) is 24.7 Å². The molecule has 1 atom stereocenters. The zero-order valence-corrected chi connectivity index (χ0v) is 15.8. The fourth-order valence-electron chi connectivity index (χ4n) is 3.14. The van der Waals surface area contributed by atoms with Gasteiger partial charge in [-0.1, -0.05) is 19.4 Å². The average Bonchev–Trinajstić information content (AvgIpc) is 3.42. The molecule has 0 spiro atoms. The van der Waals surface area contributed by atoms with Crippen molar-refractivity contribution in [3.05, 3.63) is 24.3 Å². The summed E-state index contributed by atoms with van der Waals surface area (Å²) in [6.45, 7) is 0.601. The van der Waals surface area contributed by atoms with E-state index in [0.717, 1.165) is 17.7 Å². The predicted molar refractivity (Wildman–Crippen MR) is 94.4 cm³/mol. The maximum Gasteiger partial charge on any atom is 0.310 e. The monoisotopic (exact) mass is 445 g/mol. The first-order valence-electron chi connectivity index (χ1n) is 8.66. The zero-order chi connectivity index (χ0) is 21.6. The van der Waals surface area contributed by atoms with Crippen LogP contribution in [0.25, 0.3) is 0 Å². The van der Waals surface area contributed by atoms with E-state index in [-0.39, 0.29) is 37.3 Å². The number of hydrogen-bond donors (Lipinski definition) is 3. The number of rotatable bonds is 9. The summed E-state index contributed by atoms with van der Waals surface area (Å²) >= 11 is 0. The maximum absolute atomic E-state index is 12.9. The summed E-state index contributed by atoms with van der Waals surface area (Å²) in [5.74, 6) is -0.710. The molecule has 0 aromatic heterocycles. The van der Waals surface area contributed by atoms with Gasteiger partial charge in [-0.25, -0.2) is 5.48 Å². The quantitative estimate of drug-likeness (QED) is 0.235. The number of carbonyl (C=O) groups is 2. The van der Waals surface area contributed by atoms with Gasteiger partial charge in [0.15, 0.2) is 0 Å². The Kier molecular flexibility index (Phi) is 4.89. The molecular formula is C16H20F5N3O4S. The minimum Gasteiger partial charge on any atom is -0.369 e. The molecule has 3 rings (SSSR count). The Hall–Kier alpha value is -1.96. The van der Waals surface area contributed by atoms with Crippen molar-refractivity contribution in [3.8, 4) is 0 Å². The summed E-state index contributed by atoms with van der Waals surface area (Å²) in [6, 6.07) is 0.201. The summed E-state index contributed by atoms with van der Waals surface area (Å²) in [5, 5.41) is 12.0. The van der Waals surface area contributed by atoms with Gasteiger partial charge in [0.1, 0.15) is 16.5 Å². The Labute approximate surface area is 162 Å². The first-order chi connectivity index (χ1) is 13.3. The fourth-order valence-corrected chi connectivity index (χ4v) is 3.79. The Morgan fingerprint density at radius 3 is 2.24 bits per heavy atom. The highest BCUT2D eigenvalue weighted by atomic mass is 32.5. The third-order valence-electron chi connectivity index (χ3n) is 4.98. The number of halogens is 5. The van der Waals surface area contributed by atoms with Crippen molar-refractivity contribution < 1.29 is 39.0 Å². The van der Waals surface area contributed by atoms with Crippen LogP contribution in [-0.2, 0) is 14.3 Å². The molecule has 2 aliphatic rings. The molecule has 1 aliphatic carbocycles. The molecule has 2 fully saturated rings. The number of nitrogens with one attached hydrogen (secondary N) is 2. The topological polar surface area (TPSA) is 90.9 Å². The van der Waals surface area contributed by atoms with Gasteiger partial charge in [-0.05, 0) is 43.0 Å². The zero-order valence-electron chi connectivity index (χ0n) is 15.0. The highest BCUT2D eigenvalue weighted by molar-refractivity contribution is 8.45. The maximum atomic E-state index is 12.9. The Balaban J connectivity index is 1.93. The van der Waals surface area contributed by atoms with E-state index in [1.54, 1.807) is 0 Å². The summed E-state index contributed by atoms with van der Waals surface area (Å²) < 4.78 is 70.5. The molecule has 3 N–H and O–H groups in total. The van der Waals surface area contributed by atoms with Gasteiger partial charge in [-0.15, -0.1) is 0 Å². The Morgan fingerprint density at radius 1 is 1.28 bits per heavy atom. The molecule has 13 heteroatoms. The molecule has 7 nitrogen and oxygen atoms in total. The molecule has 0 bridgehead atoms. The van der Waals surface area contributed by atoms with Crippen LogP contribution in [0.3, 0.4) is 0 Å². The number of amides is 2. The van der Waals surface area contributed by atoms with Gasteiger partial charge < -0.3 is 10.1 Å². The molecule has 1 unspecified atom stereocenters. The second-order valence-corrected chi connectivity index (χ2v) is 9.69. The molecule has 1 saturated carbocycles.